The van der Waals surface area contributed by atoms with Gasteiger partial charge in [0.05, 0.1) is 18.3 Å². The van der Waals surface area contributed by atoms with Crippen molar-refractivity contribution in [2.45, 2.75) is 58.3 Å². The molecule has 0 aliphatic carbocycles. The van der Waals surface area contributed by atoms with Crippen LogP contribution >= 0.6 is 0 Å². The number of benzene rings is 1. The fourth-order valence-corrected chi connectivity index (χ4v) is 5.39. The standard InChI is InChI=1S/C26H32N8O4/c1-26(2,3)21-17(14-33(21)25(37)38)19-12-20-31(4)24(36)18(10-11-34(20)29-19)28-23(35)22-27-15-32(30-22)13-16-8-6-5-7-9-16/h5-9,12,15,17-18,21H,10-11,13-14H2,1-4H3,(H,28,35)(H,37,38)/t17?,18-,21?/m0/s1. The van der Waals surface area contributed by atoms with Crippen molar-refractivity contribution in [2.24, 2.45) is 5.41 Å². The van der Waals surface area contributed by atoms with Gasteiger partial charge in [-0.3, -0.25) is 14.5 Å². The summed E-state index contributed by atoms with van der Waals surface area (Å²) in [6.45, 7) is 7.32. The molecule has 1 saturated heterocycles. The van der Waals surface area contributed by atoms with Gasteiger partial charge >= 0.3 is 6.09 Å². The van der Waals surface area contributed by atoms with Crippen molar-refractivity contribution in [2.75, 3.05) is 18.5 Å². The number of anilines is 1. The van der Waals surface area contributed by atoms with Gasteiger partial charge in [-0.25, -0.2) is 19.1 Å². The van der Waals surface area contributed by atoms with Gasteiger partial charge in [-0.1, -0.05) is 51.1 Å². The van der Waals surface area contributed by atoms with Crippen molar-refractivity contribution in [3.8, 4) is 0 Å². The summed E-state index contributed by atoms with van der Waals surface area (Å²) in [5, 5.41) is 21.4. The number of rotatable bonds is 5. The van der Waals surface area contributed by atoms with Crippen LogP contribution < -0.4 is 10.2 Å². The predicted octanol–water partition coefficient (Wildman–Crippen LogP) is 2.18. The van der Waals surface area contributed by atoms with Gasteiger partial charge in [0, 0.05) is 32.1 Å². The monoisotopic (exact) mass is 520 g/mol. The number of carbonyl (C=O) groups excluding carboxylic acids is 2. The van der Waals surface area contributed by atoms with E-state index in [2.05, 4.69) is 15.4 Å². The molecular weight excluding hydrogens is 488 g/mol. The molecule has 2 N–H and O–H groups in total. The third-order valence-electron chi connectivity index (χ3n) is 7.24. The highest BCUT2D eigenvalue weighted by Crippen LogP contribution is 2.44. The van der Waals surface area contributed by atoms with E-state index < -0.39 is 18.0 Å². The van der Waals surface area contributed by atoms with Crippen molar-refractivity contribution in [1.29, 1.82) is 0 Å². The zero-order valence-electron chi connectivity index (χ0n) is 21.9. The molecule has 12 nitrogen and oxygen atoms in total. The van der Waals surface area contributed by atoms with Gasteiger partial charge in [-0.2, -0.15) is 5.10 Å². The number of fused-ring (bicyclic) bond motifs is 1. The fraction of sp³-hybridized carbons (Fsp3) is 0.462. The number of nitrogens with zero attached hydrogens (tertiary/aromatic N) is 7. The van der Waals surface area contributed by atoms with Gasteiger partial charge in [-0.05, 0) is 17.4 Å². The summed E-state index contributed by atoms with van der Waals surface area (Å²) in [5.74, 6) is -0.211. The molecule has 12 heteroatoms. The van der Waals surface area contributed by atoms with Gasteiger partial charge in [0.1, 0.15) is 18.2 Å². The minimum atomic E-state index is -0.938. The molecule has 0 saturated carbocycles. The van der Waals surface area contributed by atoms with Crippen molar-refractivity contribution < 1.29 is 19.5 Å². The predicted molar refractivity (Wildman–Crippen MR) is 138 cm³/mol. The molecule has 0 spiro atoms. The Labute approximate surface area is 220 Å². The third kappa shape index (κ3) is 4.73. The van der Waals surface area contributed by atoms with Gasteiger partial charge in [0.2, 0.25) is 5.82 Å². The van der Waals surface area contributed by atoms with E-state index in [1.165, 1.54) is 16.1 Å². The molecule has 3 atom stereocenters. The van der Waals surface area contributed by atoms with Gasteiger partial charge in [-0.15, -0.1) is 5.10 Å². The van der Waals surface area contributed by atoms with Crippen LogP contribution in [0.25, 0.3) is 0 Å². The first kappa shape index (κ1) is 25.4. The number of amides is 3. The number of nitrogens with one attached hydrogen (secondary N) is 1. The SMILES string of the molecule is CN1C(=O)[C@@H](NC(=O)c2ncn(Cc3ccccc3)n2)CCn2nc(C3CN(C(=O)O)C3C(C)(C)C)cc21. The Bertz CT molecular complexity index is 1360. The zero-order valence-corrected chi connectivity index (χ0v) is 21.9. The molecule has 38 heavy (non-hydrogen) atoms. The Morgan fingerprint density at radius 2 is 1.89 bits per heavy atom. The second kappa shape index (κ2) is 9.58. The number of likely N-dealkylation sites (tertiary alicyclic amines) is 1. The lowest BCUT2D eigenvalue weighted by molar-refractivity contribution is -0.120. The Kier molecular flexibility index (Phi) is 6.41. The highest BCUT2D eigenvalue weighted by atomic mass is 16.4. The van der Waals surface area contributed by atoms with Crippen LogP contribution in [0.3, 0.4) is 0 Å². The lowest BCUT2D eigenvalue weighted by Crippen LogP contribution is -2.62. The average Bonchev–Trinajstić information content (AvgIpc) is 3.44. The van der Waals surface area contributed by atoms with Crippen LogP contribution in [0.2, 0.25) is 0 Å². The maximum Gasteiger partial charge on any atom is 0.407 e. The number of aryl methyl sites for hydroxylation is 1. The van der Waals surface area contributed by atoms with Gasteiger partial charge in [0.15, 0.2) is 0 Å². The van der Waals surface area contributed by atoms with E-state index in [0.29, 0.717) is 31.9 Å². The first-order valence-electron chi connectivity index (χ1n) is 12.6. The summed E-state index contributed by atoms with van der Waals surface area (Å²) in [6.07, 6.45) is 0.909. The molecule has 2 aliphatic heterocycles. The summed E-state index contributed by atoms with van der Waals surface area (Å²) in [5.41, 5.74) is 1.54. The molecule has 2 unspecified atom stereocenters. The second-order valence-corrected chi connectivity index (χ2v) is 11.0. The maximum atomic E-state index is 13.3. The second-order valence-electron chi connectivity index (χ2n) is 11.0. The zero-order chi connectivity index (χ0) is 27.2. The van der Waals surface area contributed by atoms with Crippen LogP contribution in [0.15, 0.2) is 42.7 Å². The minimum Gasteiger partial charge on any atom is -0.465 e. The lowest BCUT2D eigenvalue weighted by Gasteiger charge is -2.52. The van der Waals surface area contributed by atoms with E-state index in [0.717, 1.165) is 11.3 Å². The van der Waals surface area contributed by atoms with Gasteiger partial charge in [0.25, 0.3) is 11.8 Å². The van der Waals surface area contributed by atoms with E-state index in [-0.39, 0.29) is 29.1 Å². The Morgan fingerprint density at radius 3 is 2.58 bits per heavy atom. The summed E-state index contributed by atoms with van der Waals surface area (Å²) in [4.78, 5) is 44.9. The highest BCUT2D eigenvalue weighted by Gasteiger charge is 2.50. The normalized spacial score (nSPS) is 21.5. The summed E-state index contributed by atoms with van der Waals surface area (Å²) < 4.78 is 3.34. The number of hydrogen-bond donors (Lipinski definition) is 2. The molecule has 3 amide bonds. The molecule has 0 radical (unpaired) electrons. The molecule has 1 aromatic carbocycles. The Morgan fingerprint density at radius 1 is 1.16 bits per heavy atom. The molecule has 3 aromatic rings. The Balaban J connectivity index is 1.26. The van der Waals surface area contributed by atoms with Crippen LogP contribution in [0.1, 0.15) is 55.0 Å². The van der Waals surface area contributed by atoms with Crippen LogP contribution in [-0.2, 0) is 17.9 Å². The minimum absolute atomic E-state index is 0.00171. The van der Waals surface area contributed by atoms with E-state index in [9.17, 15) is 19.5 Å². The molecule has 2 aromatic heterocycles. The van der Waals surface area contributed by atoms with Crippen LogP contribution in [0, 0.1) is 5.41 Å². The van der Waals surface area contributed by atoms with Crippen molar-refractivity contribution in [3.05, 3.63) is 59.8 Å². The van der Waals surface area contributed by atoms with Crippen molar-refractivity contribution >= 4 is 23.7 Å². The molecule has 1 fully saturated rings. The average molecular weight is 521 g/mol. The quantitative estimate of drug-likeness (QED) is 0.526. The number of carbonyl (C=O) groups is 3. The topological polar surface area (TPSA) is 138 Å². The first-order chi connectivity index (χ1) is 18.0. The molecule has 4 heterocycles. The summed E-state index contributed by atoms with van der Waals surface area (Å²) in [7, 11) is 1.66. The van der Waals surface area contributed by atoms with Crippen LogP contribution in [0.4, 0.5) is 10.6 Å². The van der Waals surface area contributed by atoms with Crippen LogP contribution in [0.5, 0.6) is 0 Å². The summed E-state index contributed by atoms with van der Waals surface area (Å²) in [6, 6.07) is 10.6. The largest absolute Gasteiger partial charge is 0.465 e. The number of aromatic nitrogens is 5. The van der Waals surface area contributed by atoms with Crippen molar-refractivity contribution in [1.82, 2.24) is 34.8 Å². The summed E-state index contributed by atoms with van der Waals surface area (Å²) >= 11 is 0. The third-order valence-corrected chi connectivity index (χ3v) is 7.24. The van der Waals surface area contributed by atoms with E-state index in [1.54, 1.807) is 16.4 Å². The first-order valence-corrected chi connectivity index (χ1v) is 12.6. The smallest absolute Gasteiger partial charge is 0.407 e. The molecule has 5 rings (SSSR count). The molecule has 2 aliphatic rings. The highest BCUT2D eigenvalue weighted by molar-refractivity contribution is 6.00. The number of hydrogen-bond acceptors (Lipinski definition) is 6. The van der Waals surface area contributed by atoms with Crippen LogP contribution in [-0.4, -0.2) is 78.1 Å². The van der Waals surface area contributed by atoms with E-state index >= 15 is 0 Å². The number of carboxylic acid groups (broad SMARTS) is 1. The van der Waals surface area contributed by atoms with Crippen molar-refractivity contribution in [3.63, 3.8) is 0 Å². The van der Waals surface area contributed by atoms with E-state index in [1.807, 2.05) is 57.2 Å². The van der Waals surface area contributed by atoms with E-state index in [4.69, 9.17) is 5.10 Å². The van der Waals surface area contributed by atoms with Gasteiger partial charge < -0.3 is 15.3 Å². The number of likely N-dealkylation sites (N-methyl/N-ethyl adjacent to an activating group) is 1. The fourth-order valence-electron chi connectivity index (χ4n) is 5.39. The maximum absolute atomic E-state index is 13.3. The lowest BCUT2D eigenvalue weighted by atomic mass is 9.71. The molecule has 200 valence electrons. The Hall–Kier alpha value is -4.22. The molecular formula is C26H32N8O4. The molecule has 0 bridgehead atoms.